The smallest absolute Gasteiger partial charge is 0.278 e. The lowest BCUT2D eigenvalue weighted by atomic mass is 10.1. The Morgan fingerprint density at radius 2 is 2.00 bits per heavy atom. The van der Waals surface area contributed by atoms with Crippen LogP contribution in [0.5, 0.6) is 0 Å². The lowest BCUT2D eigenvalue weighted by Crippen LogP contribution is -2.43. The molecule has 3 N–H and O–H groups in total. The number of benzene rings is 1. The summed E-state index contributed by atoms with van der Waals surface area (Å²) in [6.45, 7) is 2.22. The number of anilines is 1. The van der Waals surface area contributed by atoms with E-state index in [0.717, 1.165) is 11.1 Å². The molecule has 1 amide bonds. The number of aryl methyl sites for hydroxylation is 1. The van der Waals surface area contributed by atoms with E-state index in [1.807, 2.05) is 13.0 Å². The van der Waals surface area contributed by atoms with Gasteiger partial charge >= 0.3 is 0 Å². The Morgan fingerprint density at radius 3 is 2.74 bits per heavy atom. The van der Waals surface area contributed by atoms with Crippen LogP contribution in [0.15, 0.2) is 76.3 Å². The average molecular weight is 458 g/mol. The summed E-state index contributed by atoms with van der Waals surface area (Å²) < 4.78 is 21.7. The first-order valence-corrected chi connectivity index (χ1v) is 10.6. The van der Waals surface area contributed by atoms with Gasteiger partial charge in [-0.1, -0.05) is 23.2 Å². The molecule has 5 aromatic rings. The summed E-state index contributed by atoms with van der Waals surface area (Å²) in [7, 11) is 0. The van der Waals surface area contributed by atoms with Crippen molar-refractivity contribution in [2.24, 2.45) is 0 Å². The summed E-state index contributed by atoms with van der Waals surface area (Å²) in [6.07, 6.45) is 3.17. The minimum absolute atomic E-state index is 0.132. The van der Waals surface area contributed by atoms with Crippen molar-refractivity contribution in [2.75, 3.05) is 5.73 Å². The quantitative estimate of drug-likeness (QED) is 0.311. The minimum atomic E-state index is -0.467. The van der Waals surface area contributed by atoms with Gasteiger partial charge in [0.1, 0.15) is 29.1 Å². The van der Waals surface area contributed by atoms with E-state index in [9.17, 15) is 14.0 Å². The zero-order valence-electron chi connectivity index (χ0n) is 18.3. The van der Waals surface area contributed by atoms with Gasteiger partial charge in [-0.25, -0.2) is 8.96 Å². The second kappa shape index (κ2) is 8.43. The monoisotopic (exact) mass is 458 g/mol. The molecule has 0 aliphatic heterocycles. The van der Waals surface area contributed by atoms with Crippen LogP contribution >= 0.6 is 0 Å². The highest BCUT2D eigenvalue weighted by Crippen LogP contribution is 2.17. The van der Waals surface area contributed by atoms with E-state index < -0.39 is 5.91 Å². The molecule has 0 fully saturated rings. The second-order valence-electron chi connectivity index (χ2n) is 7.96. The van der Waals surface area contributed by atoms with Gasteiger partial charge in [0.05, 0.1) is 6.26 Å². The van der Waals surface area contributed by atoms with Crippen molar-refractivity contribution in [1.82, 2.24) is 14.7 Å². The number of aromatic nitrogens is 3. The van der Waals surface area contributed by atoms with Gasteiger partial charge < -0.3 is 15.5 Å². The van der Waals surface area contributed by atoms with E-state index in [0.29, 0.717) is 17.1 Å². The Bertz CT molecular complexity index is 1590. The first kappa shape index (κ1) is 21.3. The number of nitrogens with zero attached hydrogens (tertiary/aromatic N) is 3. The Morgan fingerprint density at radius 1 is 1.21 bits per heavy atom. The highest BCUT2D eigenvalue weighted by Gasteiger charge is 2.25. The van der Waals surface area contributed by atoms with Crippen LogP contribution in [0.25, 0.3) is 16.7 Å². The molecule has 34 heavy (non-hydrogen) atoms. The number of halogens is 1. The Labute approximate surface area is 193 Å². The molecule has 1 aromatic carbocycles. The maximum Gasteiger partial charge on any atom is 0.278 e. The van der Waals surface area contributed by atoms with Crippen LogP contribution in [0.4, 0.5) is 10.2 Å². The number of amides is 1. The molecule has 4 heterocycles. The third kappa shape index (κ3) is 3.77. The predicted molar refractivity (Wildman–Crippen MR) is 124 cm³/mol. The normalized spacial score (nSPS) is 11.2. The standard InChI is InChI=1S/C25H20FN5O3/c1-15-4-2-10-30-22(15)29-23-20(25(30)33)12-19(21(27)31(23)14-18-5-3-11-34-18)24(32)28-13-16-6-8-17(26)9-7-16/h2-12,27H,13-14H2,1H3,(H,28,32)/p+1. The van der Waals surface area contributed by atoms with Gasteiger partial charge in [-0.15, -0.1) is 0 Å². The van der Waals surface area contributed by atoms with Gasteiger partial charge in [0.15, 0.2) is 0 Å². The maximum atomic E-state index is 13.4. The SMILES string of the molecule is Cc1cccn2c(=O)c3cc(C(=O)NCc4ccc(F)cc4)c(N)[n+](Cc4ccco4)c3nc12. The zero-order valence-corrected chi connectivity index (χ0v) is 18.3. The second-order valence-corrected chi connectivity index (χ2v) is 7.96. The summed E-state index contributed by atoms with van der Waals surface area (Å²) in [5.41, 5.74) is 8.67. The summed E-state index contributed by atoms with van der Waals surface area (Å²) in [4.78, 5) is 31.2. The Balaban J connectivity index is 1.65. The molecule has 170 valence electrons. The molecule has 0 saturated carbocycles. The van der Waals surface area contributed by atoms with E-state index in [-0.39, 0.29) is 41.2 Å². The van der Waals surface area contributed by atoms with E-state index in [1.165, 1.54) is 28.9 Å². The van der Waals surface area contributed by atoms with E-state index in [4.69, 9.17) is 15.1 Å². The summed E-state index contributed by atoms with van der Waals surface area (Å²) in [5, 5.41) is 3.03. The molecule has 0 unspecified atom stereocenters. The number of rotatable bonds is 5. The number of nitrogens with one attached hydrogen (secondary N) is 1. The first-order valence-electron chi connectivity index (χ1n) is 10.6. The molecular weight excluding hydrogens is 437 g/mol. The number of hydrogen-bond acceptors (Lipinski definition) is 5. The van der Waals surface area contributed by atoms with Gasteiger partial charge in [-0.3, -0.25) is 14.0 Å². The fraction of sp³-hybridized carbons (Fsp3) is 0.120. The topological polar surface area (TPSA) is 107 Å². The summed E-state index contributed by atoms with van der Waals surface area (Å²) in [5.74, 6) is -0.0899. The van der Waals surface area contributed by atoms with Crippen LogP contribution in [-0.4, -0.2) is 15.3 Å². The fourth-order valence-electron chi connectivity index (χ4n) is 3.89. The summed E-state index contributed by atoms with van der Waals surface area (Å²) in [6, 6.07) is 14.4. The highest BCUT2D eigenvalue weighted by atomic mass is 19.1. The van der Waals surface area contributed by atoms with Crippen LogP contribution in [-0.2, 0) is 13.1 Å². The fourth-order valence-corrected chi connectivity index (χ4v) is 3.89. The molecule has 0 bridgehead atoms. The van der Waals surface area contributed by atoms with E-state index >= 15 is 0 Å². The lowest BCUT2D eigenvalue weighted by Gasteiger charge is -2.12. The van der Waals surface area contributed by atoms with Crippen molar-refractivity contribution in [3.8, 4) is 0 Å². The molecule has 0 radical (unpaired) electrons. The molecule has 0 aliphatic carbocycles. The van der Waals surface area contributed by atoms with Gasteiger partial charge in [0.2, 0.25) is 11.5 Å². The van der Waals surface area contributed by atoms with Crippen molar-refractivity contribution in [3.05, 3.63) is 106 Å². The van der Waals surface area contributed by atoms with Gasteiger partial charge in [0, 0.05) is 18.3 Å². The molecular formula is C25H21FN5O3+. The zero-order chi connectivity index (χ0) is 23.8. The molecule has 0 saturated heterocycles. The minimum Gasteiger partial charge on any atom is -0.466 e. The molecule has 0 atom stereocenters. The van der Waals surface area contributed by atoms with Gasteiger partial charge in [-0.2, -0.15) is 0 Å². The number of hydrogen-bond donors (Lipinski definition) is 2. The Hall–Kier alpha value is -4.53. The lowest BCUT2D eigenvalue weighted by molar-refractivity contribution is -0.651. The van der Waals surface area contributed by atoms with Crippen molar-refractivity contribution >= 4 is 28.4 Å². The average Bonchev–Trinajstić information content (AvgIpc) is 3.34. The third-order valence-electron chi connectivity index (χ3n) is 5.68. The van der Waals surface area contributed by atoms with Crippen LogP contribution in [0.2, 0.25) is 0 Å². The van der Waals surface area contributed by atoms with Crippen LogP contribution in [0.3, 0.4) is 0 Å². The van der Waals surface area contributed by atoms with Crippen molar-refractivity contribution in [2.45, 2.75) is 20.0 Å². The van der Waals surface area contributed by atoms with Gasteiger partial charge in [-0.05, 0) is 48.9 Å². The number of carbonyl (C=O) groups is 1. The predicted octanol–water partition coefficient (Wildman–Crippen LogP) is 2.74. The third-order valence-corrected chi connectivity index (χ3v) is 5.68. The van der Waals surface area contributed by atoms with Crippen molar-refractivity contribution < 1.29 is 18.2 Å². The first-order chi connectivity index (χ1) is 16.4. The van der Waals surface area contributed by atoms with E-state index in [2.05, 4.69) is 5.32 Å². The molecule has 9 heteroatoms. The molecule has 0 aliphatic rings. The van der Waals surface area contributed by atoms with Crippen LogP contribution < -0.4 is 21.2 Å². The largest absolute Gasteiger partial charge is 0.466 e. The molecule has 0 spiro atoms. The number of nitrogens with two attached hydrogens (primary N) is 1. The van der Waals surface area contributed by atoms with Crippen LogP contribution in [0, 0.1) is 12.7 Å². The van der Waals surface area contributed by atoms with E-state index in [1.54, 1.807) is 41.1 Å². The molecule has 8 nitrogen and oxygen atoms in total. The number of carbonyl (C=O) groups excluding carboxylic acids is 1. The number of pyridine rings is 2. The Kier molecular flexibility index (Phi) is 5.29. The van der Waals surface area contributed by atoms with Crippen molar-refractivity contribution in [3.63, 3.8) is 0 Å². The molecule has 5 rings (SSSR count). The summed E-state index contributed by atoms with van der Waals surface area (Å²) >= 11 is 0. The molecule has 4 aromatic heterocycles. The number of furan rings is 1. The van der Waals surface area contributed by atoms with Crippen LogP contribution in [0.1, 0.15) is 27.2 Å². The maximum absolute atomic E-state index is 13.4. The van der Waals surface area contributed by atoms with Gasteiger partial charge in [0.25, 0.3) is 17.1 Å². The number of nitrogen functional groups attached to an aromatic ring is 1. The van der Waals surface area contributed by atoms with Crippen molar-refractivity contribution in [1.29, 1.82) is 0 Å². The highest BCUT2D eigenvalue weighted by molar-refractivity contribution is 6.00. The number of fused-ring (bicyclic) bond motifs is 2.